The Morgan fingerprint density at radius 1 is 1.58 bits per heavy atom. The summed E-state index contributed by atoms with van der Waals surface area (Å²) in [7, 11) is 0. The normalized spacial score (nSPS) is 25.1. The summed E-state index contributed by atoms with van der Waals surface area (Å²) in [5.74, 6) is 0.664. The van der Waals surface area contributed by atoms with Gasteiger partial charge in [-0.3, -0.25) is 4.99 Å². The molecule has 0 aromatic heterocycles. The molecule has 0 spiro atoms. The number of aliphatic imine (C=N–C) groups is 1. The summed E-state index contributed by atoms with van der Waals surface area (Å²) < 4.78 is 0. The summed E-state index contributed by atoms with van der Waals surface area (Å²) in [5, 5.41) is 0. The average Bonchev–Trinajstić information content (AvgIpc) is 2.14. The van der Waals surface area contributed by atoms with Crippen LogP contribution in [0.5, 0.6) is 0 Å². The van der Waals surface area contributed by atoms with E-state index in [1.807, 2.05) is 13.0 Å². The van der Waals surface area contributed by atoms with Gasteiger partial charge in [0.15, 0.2) is 0 Å². The predicted molar refractivity (Wildman–Crippen MR) is 54.4 cm³/mol. The SMILES string of the molecule is C/C=C\C1=CC(C)CCC(C)=N1. The Labute approximate surface area is 74.9 Å². The molecule has 1 aliphatic heterocycles. The first-order valence-electron chi connectivity index (χ1n) is 4.61. The van der Waals surface area contributed by atoms with Crippen molar-refractivity contribution in [3.8, 4) is 0 Å². The summed E-state index contributed by atoms with van der Waals surface area (Å²) in [6, 6.07) is 0. The first-order valence-corrected chi connectivity index (χ1v) is 4.61. The highest BCUT2D eigenvalue weighted by molar-refractivity contribution is 5.83. The molecule has 1 unspecified atom stereocenters. The summed E-state index contributed by atoms with van der Waals surface area (Å²) in [5.41, 5.74) is 2.38. The molecular formula is C11H17N. The summed E-state index contributed by atoms with van der Waals surface area (Å²) in [4.78, 5) is 4.51. The van der Waals surface area contributed by atoms with Crippen molar-refractivity contribution in [3.63, 3.8) is 0 Å². The van der Waals surface area contributed by atoms with Crippen molar-refractivity contribution < 1.29 is 0 Å². The van der Waals surface area contributed by atoms with Gasteiger partial charge in [0.25, 0.3) is 0 Å². The second-order valence-electron chi connectivity index (χ2n) is 3.45. The second kappa shape index (κ2) is 4.24. The molecule has 0 N–H and O–H groups in total. The van der Waals surface area contributed by atoms with Crippen molar-refractivity contribution in [2.75, 3.05) is 0 Å². The van der Waals surface area contributed by atoms with E-state index in [-0.39, 0.29) is 0 Å². The van der Waals surface area contributed by atoms with Crippen molar-refractivity contribution >= 4 is 5.71 Å². The highest BCUT2D eigenvalue weighted by atomic mass is 14.7. The quantitative estimate of drug-likeness (QED) is 0.562. The Morgan fingerprint density at radius 2 is 2.33 bits per heavy atom. The number of hydrogen-bond donors (Lipinski definition) is 0. The molecule has 0 bridgehead atoms. The van der Waals surface area contributed by atoms with Crippen molar-refractivity contribution in [3.05, 3.63) is 23.9 Å². The molecule has 1 atom stereocenters. The van der Waals surface area contributed by atoms with Gasteiger partial charge >= 0.3 is 0 Å². The van der Waals surface area contributed by atoms with Crippen LogP contribution < -0.4 is 0 Å². The van der Waals surface area contributed by atoms with Gasteiger partial charge in [-0.2, -0.15) is 0 Å². The van der Waals surface area contributed by atoms with E-state index < -0.39 is 0 Å². The van der Waals surface area contributed by atoms with Gasteiger partial charge < -0.3 is 0 Å². The minimum absolute atomic E-state index is 0.664. The Balaban J connectivity index is 2.82. The third kappa shape index (κ3) is 2.65. The maximum Gasteiger partial charge on any atom is 0.0588 e. The van der Waals surface area contributed by atoms with Gasteiger partial charge in [0.2, 0.25) is 0 Å². The molecule has 0 amide bonds. The van der Waals surface area contributed by atoms with Crippen LogP contribution in [0.1, 0.15) is 33.6 Å². The van der Waals surface area contributed by atoms with Crippen LogP contribution in [-0.4, -0.2) is 5.71 Å². The highest BCUT2D eigenvalue weighted by Crippen LogP contribution is 2.17. The summed E-state index contributed by atoms with van der Waals surface area (Å²) in [6.45, 7) is 6.38. The minimum Gasteiger partial charge on any atom is -0.258 e. The molecule has 0 aromatic carbocycles. The smallest absolute Gasteiger partial charge is 0.0588 e. The third-order valence-electron chi connectivity index (χ3n) is 2.07. The Bertz CT molecular complexity index is 233. The van der Waals surface area contributed by atoms with Crippen LogP contribution in [0, 0.1) is 5.92 Å². The van der Waals surface area contributed by atoms with E-state index in [2.05, 4.69) is 31.0 Å². The highest BCUT2D eigenvalue weighted by Gasteiger charge is 2.05. The zero-order valence-corrected chi connectivity index (χ0v) is 8.17. The van der Waals surface area contributed by atoms with Gasteiger partial charge in [0.05, 0.1) is 5.70 Å². The third-order valence-corrected chi connectivity index (χ3v) is 2.07. The van der Waals surface area contributed by atoms with Crippen LogP contribution in [-0.2, 0) is 0 Å². The van der Waals surface area contributed by atoms with Gasteiger partial charge in [0, 0.05) is 5.71 Å². The maximum absolute atomic E-state index is 4.51. The minimum atomic E-state index is 0.664. The van der Waals surface area contributed by atoms with Gasteiger partial charge in [-0.05, 0) is 38.7 Å². The summed E-state index contributed by atoms with van der Waals surface area (Å²) >= 11 is 0. The molecule has 66 valence electrons. The standard InChI is InChI=1S/C11H17N/c1-4-5-11-8-9(2)6-7-10(3)12-11/h4-5,8-9H,6-7H2,1-3H3/b5-4-. The fourth-order valence-corrected chi connectivity index (χ4v) is 1.39. The van der Waals surface area contributed by atoms with Crippen LogP contribution in [0.15, 0.2) is 28.9 Å². The molecule has 1 heteroatoms. The fraction of sp³-hybridized carbons (Fsp3) is 0.545. The first-order chi connectivity index (χ1) is 5.72. The van der Waals surface area contributed by atoms with Gasteiger partial charge in [-0.15, -0.1) is 0 Å². The fourth-order valence-electron chi connectivity index (χ4n) is 1.39. The van der Waals surface area contributed by atoms with Crippen molar-refractivity contribution in [1.82, 2.24) is 0 Å². The number of rotatable bonds is 1. The molecule has 0 radical (unpaired) electrons. The van der Waals surface area contributed by atoms with Crippen molar-refractivity contribution in [2.45, 2.75) is 33.6 Å². The van der Waals surface area contributed by atoms with E-state index in [0.717, 1.165) is 12.1 Å². The second-order valence-corrected chi connectivity index (χ2v) is 3.45. The molecule has 1 aliphatic rings. The molecule has 12 heavy (non-hydrogen) atoms. The molecular weight excluding hydrogens is 146 g/mol. The molecule has 1 rings (SSSR count). The molecule has 0 fully saturated rings. The lowest BCUT2D eigenvalue weighted by molar-refractivity contribution is 0.672. The van der Waals surface area contributed by atoms with Crippen LogP contribution in [0.25, 0.3) is 0 Å². The Kier molecular flexibility index (Phi) is 3.27. The number of nitrogens with zero attached hydrogens (tertiary/aromatic N) is 1. The van der Waals surface area contributed by atoms with E-state index in [0.29, 0.717) is 5.92 Å². The van der Waals surface area contributed by atoms with Crippen LogP contribution in [0.2, 0.25) is 0 Å². The molecule has 0 saturated heterocycles. The Hall–Kier alpha value is -0.850. The molecule has 1 nitrogen and oxygen atoms in total. The Morgan fingerprint density at radius 3 is 3.00 bits per heavy atom. The molecule has 1 heterocycles. The largest absolute Gasteiger partial charge is 0.258 e. The van der Waals surface area contributed by atoms with Crippen LogP contribution in [0.4, 0.5) is 0 Å². The van der Waals surface area contributed by atoms with Crippen LogP contribution >= 0.6 is 0 Å². The monoisotopic (exact) mass is 163 g/mol. The van der Waals surface area contributed by atoms with E-state index >= 15 is 0 Å². The lowest BCUT2D eigenvalue weighted by Gasteiger charge is -2.00. The van der Waals surface area contributed by atoms with Crippen molar-refractivity contribution in [1.29, 1.82) is 0 Å². The van der Waals surface area contributed by atoms with Crippen LogP contribution in [0.3, 0.4) is 0 Å². The molecule has 0 saturated carbocycles. The first kappa shape index (κ1) is 9.24. The van der Waals surface area contributed by atoms with Gasteiger partial charge in [0.1, 0.15) is 0 Å². The maximum atomic E-state index is 4.51. The summed E-state index contributed by atoms with van der Waals surface area (Å²) in [6.07, 6.45) is 8.73. The predicted octanol–water partition coefficient (Wildman–Crippen LogP) is 3.34. The number of allylic oxidation sites excluding steroid dienone is 3. The van der Waals surface area contributed by atoms with Gasteiger partial charge in [-0.25, -0.2) is 0 Å². The lowest BCUT2D eigenvalue weighted by Crippen LogP contribution is -1.92. The molecule has 0 aromatic rings. The zero-order chi connectivity index (χ0) is 8.97. The van der Waals surface area contributed by atoms with E-state index in [1.165, 1.54) is 12.1 Å². The topological polar surface area (TPSA) is 12.4 Å². The van der Waals surface area contributed by atoms with E-state index in [9.17, 15) is 0 Å². The lowest BCUT2D eigenvalue weighted by atomic mass is 10.0. The molecule has 0 aliphatic carbocycles. The van der Waals surface area contributed by atoms with E-state index in [1.54, 1.807) is 0 Å². The van der Waals surface area contributed by atoms with Gasteiger partial charge in [-0.1, -0.05) is 19.1 Å². The zero-order valence-electron chi connectivity index (χ0n) is 8.17. The average molecular weight is 163 g/mol. The number of hydrogen-bond acceptors (Lipinski definition) is 1. The van der Waals surface area contributed by atoms with Crippen molar-refractivity contribution in [2.24, 2.45) is 10.9 Å². The van der Waals surface area contributed by atoms with E-state index in [4.69, 9.17) is 0 Å².